The molecular weight excluding hydrogens is 306 g/mol. The number of halogens is 1. The average molecular weight is 320 g/mol. The number of hydrogen-bond donors (Lipinski definition) is 2. The first kappa shape index (κ1) is 12.5. The number of fused-ring (bicyclic) bond motifs is 1. The highest BCUT2D eigenvalue weighted by molar-refractivity contribution is 9.10. The number of benzene rings is 2. The fourth-order valence-electron chi connectivity index (χ4n) is 2.37. The molecule has 0 fully saturated rings. The van der Waals surface area contributed by atoms with Crippen LogP contribution < -0.4 is 10.5 Å². The summed E-state index contributed by atoms with van der Waals surface area (Å²) in [7, 11) is 0. The Kier molecular flexibility index (Phi) is 3.21. The Bertz CT molecular complexity index is 598. The van der Waals surface area contributed by atoms with Crippen molar-refractivity contribution in [1.82, 2.24) is 0 Å². The van der Waals surface area contributed by atoms with E-state index in [0.29, 0.717) is 0 Å². The van der Waals surface area contributed by atoms with Crippen LogP contribution in [-0.4, -0.2) is 5.11 Å². The summed E-state index contributed by atoms with van der Waals surface area (Å²) in [6, 6.07) is 13.0. The number of nitrogens with two attached hydrogens (primary N) is 1. The van der Waals surface area contributed by atoms with Crippen molar-refractivity contribution >= 4 is 15.9 Å². The molecule has 0 amide bonds. The zero-order valence-corrected chi connectivity index (χ0v) is 11.8. The molecular formula is C15H14BrNO2. The third kappa shape index (κ3) is 2.46. The fraction of sp³-hybridized carbons (Fsp3) is 0.200. The number of ether oxygens (including phenoxy) is 1. The van der Waals surface area contributed by atoms with Gasteiger partial charge < -0.3 is 15.6 Å². The maximum Gasteiger partial charge on any atom is 0.126 e. The molecule has 0 spiro atoms. The van der Waals surface area contributed by atoms with Crippen molar-refractivity contribution < 1.29 is 9.84 Å². The van der Waals surface area contributed by atoms with Crippen molar-refractivity contribution in [2.45, 2.75) is 18.6 Å². The molecule has 0 aliphatic carbocycles. The molecule has 19 heavy (non-hydrogen) atoms. The summed E-state index contributed by atoms with van der Waals surface area (Å²) < 4.78 is 6.99. The number of hydrogen-bond acceptors (Lipinski definition) is 3. The molecule has 0 saturated heterocycles. The van der Waals surface area contributed by atoms with E-state index in [2.05, 4.69) is 15.9 Å². The smallest absolute Gasteiger partial charge is 0.126 e. The molecule has 1 aliphatic heterocycles. The van der Waals surface area contributed by atoms with Gasteiger partial charge in [-0.25, -0.2) is 0 Å². The van der Waals surface area contributed by atoms with Gasteiger partial charge in [0.1, 0.15) is 17.6 Å². The lowest BCUT2D eigenvalue weighted by molar-refractivity contribution is 0.161. The van der Waals surface area contributed by atoms with Crippen LogP contribution in [0.15, 0.2) is 46.9 Å². The van der Waals surface area contributed by atoms with Crippen LogP contribution >= 0.6 is 15.9 Å². The summed E-state index contributed by atoms with van der Waals surface area (Å²) in [6.45, 7) is 0. The molecule has 1 unspecified atom stereocenters. The van der Waals surface area contributed by atoms with E-state index in [1.807, 2.05) is 30.3 Å². The van der Waals surface area contributed by atoms with Crippen LogP contribution in [0.1, 0.15) is 29.7 Å². The molecule has 3 N–H and O–H groups in total. The van der Waals surface area contributed by atoms with E-state index in [-0.39, 0.29) is 17.9 Å². The third-order valence-electron chi connectivity index (χ3n) is 3.38. The first-order chi connectivity index (χ1) is 9.13. The molecule has 2 aromatic rings. The van der Waals surface area contributed by atoms with Crippen LogP contribution in [0.2, 0.25) is 0 Å². The van der Waals surface area contributed by atoms with E-state index in [1.165, 1.54) is 0 Å². The molecule has 3 rings (SSSR count). The molecule has 0 radical (unpaired) electrons. The zero-order chi connectivity index (χ0) is 13.4. The second kappa shape index (κ2) is 4.87. The number of phenolic OH excluding ortho intramolecular Hbond substituents is 1. The highest BCUT2D eigenvalue weighted by Crippen LogP contribution is 2.40. The summed E-state index contributed by atoms with van der Waals surface area (Å²) >= 11 is 3.44. The monoisotopic (exact) mass is 319 g/mol. The predicted octanol–water partition coefficient (Wildman–Crippen LogP) is 3.68. The fourth-order valence-corrected chi connectivity index (χ4v) is 2.71. The van der Waals surface area contributed by atoms with Crippen molar-refractivity contribution in [1.29, 1.82) is 0 Å². The van der Waals surface area contributed by atoms with Crippen LogP contribution in [0, 0.1) is 0 Å². The first-order valence-electron chi connectivity index (χ1n) is 6.14. The van der Waals surface area contributed by atoms with Crippen LogP contribution in [0.25, 0.3) is 0 Å². The molecule has 4 heteroatoms. The molecule has 0 bridgehead atoms. The van der Waals surface area contributed by atoms with Crippen molar-refractivity contribution in [2.24, 2.45) is 5.73 Å². The van der Waals surface area contributed by atoms with Crippen molar-refractivity contribution in [3.8, 4) is 11.5 Å². The van der Waals surface area contributed by atoms with Gasteiger partial charge in [0.05, 0.1) is 0 Å². The molecule has 98 valence electrons. The summed E-state index contributed by atoms with van der Waals surface area (Å²) in [5.41, 5.74) is 8.28. The van der Waals surface area contributed by atoms with Crippen molar-refractivity contribution in [3.63, 3.8) is 0 Å². The Morgan fingerprint density at radius 2 is 1.89 bits per heavy atom. The summed E-state index contributed by atoms with van der Waals surface area (Å²) in [5, 5.41) is 9.33. The quantitative estimate of drug-likeness (QED) is 0.843. The Labute approximate surface area is 120 Å². The van der Waals surface area contributed by atoms with E-state index in [9.17, 15) is 5.11 Å². The summed E-state index contributed by atoms with van der Waals surface area (Å²) in [5.74, 6) is 1.08. The van der Waals surface area contributed by atoms with Gasteiger partial charge in [-0.3, -0.25) is 0 Å². The minimum Gasteiger partial charge on any atom is -0.508 e. The van der Waals surface area contributed by atoms with Gasteiger partial charge in [0.2, 0.25) is 0 Å². The Hall–Kier alpha value is -1.52. The Balaban J connectivity index is 1.93. The third-order valence-corrected chi connectivity index (χ3v) is 3.87. The highest BCUT2D eigenvalue weighted by atomic mass is 79.9. The minimum atomic E-state index is -0.0719. The van der Waals surface area contributed by atoms with Gasteiger partial charge >= 0.3 is 0 Å². The second-order valence-electron chi connectivity index (χ2n) is 4.72. The summed E-state index contributed by atoms with van der Waals surface area (Å²) in [6.07, 6.45) is 0.664. The lowest BCUT2D eigenvalue weighted by atomic mass is 9.93. The lowest BCUT2D eigenvalue weighted by Crippen LogP contribution is -2.24. The SMILES string of the molecule is N[C@@H]1CC(c2ccc(O)cc2)Oc2cc(Br)ccc21. The van der Waals surface area contributed by atoms with E-state index >= 15 is 0 Å². The van der Waals surface area contributed by atoms with Gasteiger partial charge in [-0.05, 0) is 29.8 Å². The lowest BCUT2D eigenvalue weighted by Gasteiger charge is -2.30. The van der Waals surface area contributed by atoms with E-state index in [0.717, 1.165) is 27.8 Å². The molecule has 2 atom stereocenters. The Morgan fingerprint density at radius 1 is 1.16 bits per heavy atom. The maximum absolute atomic E-state index is 9.33. The topological polar surface area (TPSA) is 55.5 Å². The molecule has 3 nitrogen and oxygen atoms in total. The van der Waals surface area contributed by atoms with E-state index in [4.69, 9.17) is 10.5 Å². The van der Waals surface area contributed by atoms with Gasteiger partial charge in [0.25, 0.3) is 0 Å². The molecule has 0 aromatic heterocycles. The van der Waals surface area contributed by atoms with Gasteiger partial charge in [0.15, 0.2) is 0 Å². The van der Waals surface area contributed by atoms with Crippen LogP contribution in [0.4, 0.5) is 0 Å². The molecule has 0 saturated carbocycles. The van der Waals surface area contributed by atoms with Gasteiger partial charge in [-0.15, -0.1) is 0 Å². The van der Waals surface area contributed by atoms with Crippen LogP contribution in [0.3, 0.4) is 0 Å². The van der Waals surface area contributed by atoms with E-state index < -0.39 is 0 Å². The highest BCUT2D eigenvalue weighted by Gasteiger charge is 2.27. The zero-order valence-electron chi connectivity index (χ0n) is 10.2. The van der Waals surface area contributed by atoms with E-state index in [1.54, 1.807) is 12.1 Å². The van der Waals surface area contributed by atoms with Crippen molar-refractivity contribution in [2.75, 3.05) is 0 Å². The van der Waals surface area contributed by atoms with Gasteiger partial charge in [-0.2, -0.15) is 0 Å². The van der Waals surface area contributed by atoms with Crippen LogP contribution in [-0.2, 0) is 0 Å². The minimum absolute atomic E-state index is 0.0318. The van der Waals surface area contributed by atoms with Gasteiger partial charge in [-0.1, -0.05) is 34.1 Å². The normalized spacial score (nSPS) is 21.6. The summed E-state index contributed by atoms with van der Waals surface area (Å²) in [4.78, 5) is 0. The molecule has 2 aromatic carbocycles. The average Bonchev–Trinajstić information content (AvgIpc) is 2.38. The second-order valence-corrected chi connectivity index (χ2v) is 5.64. The predicted molar refractivity (Wildman–Crippen MR) is 77.2 cm³/mol. The van der Waals surface area contributed by atoms with Crippen molar-refractivity contribution in [3.05, 3.63) is 58.1 Å². The van der Waals surface area contributed by atoms with Gasteiger partial charge in [0, 0.05) is 22.5 Å². The number of rotatable bonds is 1. The molecule has 1 heterocycles. The molecule has 1 aliphatic rings. The van der Waals surface area contributed by atoms with Crippen LogP contribution in [0.5, 0.6) is 11.5 Å². The number of phenols is 1. The largest absolute Gasteiger partial charge is 0.508 e. The maximum atomic E-state index is 9.33. The Morgan fingerprint density at radius 3 is 2.63 bits per heavy atom. The standard InChI is InChI=1S/C15H14BrNO2/c16-10-3-6-12-13(17)8-14(19-15(12)7-10)9-1-4-11(18)5-2-9/h1-7,13-14,18H,8,17H2/t13-,14?/m1/s1. The number of aromatic hydroxyl groups is 1. The first-order valence-corrected chi connectivity index (χ1v) is 6.93.